The zero-order valence-electron chi connectivity index (χ0n) is 19.9. The van der Waals surface area contributed by atoms with Crippen molar-refractivity contribution in [3.63, 3.8) is 0 Å². The molecule has 9 heteroatoms. The third kappa shape index (κ3) is 5.12. The largest absolute Gasteiger partial charge is 0.495 e. The van der Waals surface area contributed by atoms with E-state index in [0.717, 1.165) is 5.56 Å². The molecule has 180 valence electrons. The van der Waals surface area contributed by atoms with Crippen molar-refractivity contribution < 1.29 is 14.3 Å². The second-order valence-corrected chi connectivity index (χ2v) is 8.83. The van der Waals surface area contributed by atoms with Gasteiger partial charge in [0.25, 0.3) is 5.91 Å². The number of hydrogen-bond acceptors (Lipinski definition) is 5. The van der Waals surface area contributed by atoms with Gasteiger partial charge in [0.15, 0.2) is 5.65 Å². The Morgan fingerprint density at radius 3 is 2.57 bits per heavy atom. The number of pyridine rings is 1. The number of rotatable bonds is 7. The first-order valence-electron chi connectivity index (χ1n) is 11.1. The number of aromatic nitrogens is 3. The summed E-state index contributed by atoms with van der Waals surface area (Å²) in [7, 11) is 3.09. The lowest BCUT2D eigenvalue weighted by atomic mass is 10.1. The molecule has 0 radical (unpaired) electrons. The maximum Gasteiger partial charge on any atom is 0.254 e. The predicted molar refractivity (Wildman–Crippen MR) is 137 cm³/mol. The van der Waals surface area contributed by atoms with Crippen molar-refractivity contribution in [1.29, 1.82) is 0 Å². The topological polar surface area (TPSA) is 89.3 Å². The molecule has 0 fully saturated rings. The molecular weight excluding hydrogens is 466 g/mol. The van der Waals surface area contributed by atoms with Crippen LogP contribution in [0.25, 0.3) is 22.3 Å². The highest BCUT2D eigenvalue weighted by atomic mass is 35.5. The van der Waals surface area contributed by atoms with E-state index in [2.05, 4.69) is 10.4 Å². The number of anilines is 1. The summed E-state index contributed by atoms with van der Waals surface area (Å²) in [5, 5.41) is 8.31. The minimum absolute atomic E-state index is 0.0603. The maximum absolute atomic E-state index is 13.5. The van der Waals surface area contributed by atoms with Crippen molar-refractivity contribution in [2.24, 2.45) is 0 Å². The molecule has 0 spiro atoms. The van der Waals surface area contributed by atoms with Gasteiger partial charge in [-0.1, -0.05) is 41.9 Å². The number of hydrogen-bond donors (Lipinski definition) is 1. The van der Waals surface area contributed by atoms with Crippen LogP contribution in [0.4, 0.5) is 5.69 Å². The molecule has 2 amide bonds. The Kier molecular flexibility index (Phi) is 7.02. The number of amides is 2. The normalized spacial score (nSPS) is 11.0. The van der Waals surface area contributed by atoms with E-state index in [1.165, 1.54) is 12.0 Å². The van der Waals surface area contributed by atoms with Crippen LogP contribution in [0.15, 0.2) is 60.8 Å². The van der Waals surface area contributed by atoms with E-state index >= 15 is 0 Å². The van der Waals surface area contributed by atoms with Gasteiger partial charge in [-0.15, -0.1) is 0 Å². The zero-order chi connectivity index (χ0) is 25.1. The van der Waals surface area contributed by atoms with Gasteiger partial charge < -0.3 is 15.0 Å². The highest BCUT2D eigenvalue weighted by molar-refractivity contribution is 6.31. The summed E-state index contributed by atoms with van der Waals surface area (Å²) in [4.78, 5) is 32.4. The molecule has 35 heavy (non-hydrogen) atoms. The van der Waals surface area contributed by atoms with Crippen LogP contribution in [0.2, 0.25) is 5.02 Å². The van der Waals surface area contributed by atoms with E-state index in [1.54, 1.807) is 42.2 Å². The van der Waals surface area contributed by atoms with Crippen molar-refractivity contribution >= 4 is 40.1 Å². The highest BCUT2D eigenvalue weighted by Crippen LogP contribution is 2.29. The average Bonchev–Trinajstić information content (AvgIpc) is 3.28. The van der Waals surface area contributed by atoms with Gasteiger partial charge in [0.2, 0.25) is 5.91 Å². The number of halogens is 1. The standard InChI is InChI=1S/C26H26ClN5O3/c1-16(2)32-25-20(14-28-32)19(13-21(30-25)17-8-6-5-7-9-17)26(34)31(3)15-24(33)29-22-12-18(27)10-11-23(22)35-4/h5-14,16H,15H2,1-4H3,(H,29,33). The Balaban J connectivity index is 1.65. The summed E-state index contributed by atoms with van der Waals surface area (Å²) in [5.74, 6) is -0.222. The van der Waals surface area contributed by atoms with E-state index in [0.29, 0.717) is 38.8 Å². The fourth-order valence-electron chi connectivity index (χ4n) is 3.79. The van der Waals surface area contributed by atoms with E-state index in [-0.39, 0.29) is 24.4 Å². The van der Waals surface area contributed by atoms with Gasteiger partial charge >= 0.3 is 0 Å². The van der Waals surface area contributed by atoms with Crippen LogP contribution in [0.3, 0.4) is 0 Å². The molecule has 0 bridgehead atoms. The van der Waals surface area contributed by atoms with Crippen molar-refractivity contribution in [3.8, 4) is 17.0 Å². The second-order valence-electron chi connectivity index (χ2n) is 8.40. The first kappa shape index (κ1) is 24.2. The highest BCUT2D eigenvalue weighted by Gasteiger charge is 2.22. The fraction of sp³-hybridized carbons (Fsp3) is 0.231. The zero-order valence-corrected chi connectivity index (χ0v) is 20.7. The number of likely N-dealkylation sites (N-methyl/N-ethyl adjacent to an activating group) is 1. The predicted octanol–water partition coefficient (Wildman–Crippen LogP) is 5.05. The van der Waals surface area contributed by atoms with Crippen molar-refractivity contribution in [3.05, 3.63) is 71.4 Å². The monoisotopic (exact) mass is 491 g/mol. The molecular formula is C26H26ClN5O3. The maximum atomic E-state index is 13.5. The van der Waals surface area contributed by atoms with Crippen LogP contribution in [-0.4, -0.2) is 52.2 Å². The molecule has 0 aliphatic carbocycles. The number of carbonyl (C=O) groups is 2. The average molecular weight is 492 g/mol. The number of benzene rings is 2. The van der Waals surface area contributed by atoms with E-state index < -0.39 is 0 Å². The van der Waals surface area contributed by atoms with Crippen LogP contribution in [0, 0.1) is 0 Å². The van der Waals surface area contributed by atoms with Crippen LogP contribution in [0.5, 0.6) is 5.75 Å². The van der Waals surface area contributed by atoms with Gasteiger partial charge in [0.05, 0.1) is 42.2 Å². The second kappa shape index (κ2) is 10.1. The van der Waals surface area contributed by atoms with Gasteiger partial charge in [-0.25, -0.2) is 9.67 Å². The molecule has 0 saturated heterocycles. The van der Waals surface area contributed by atoms with E-state index in [9.17, 15) is 9.59 Å². The lowest BCUT2D eigenvalue weighted by Gasteiger charge is -2.19. The third-order valence-electron chi connectivity index (χ3n) is 5.52. The minimum Gasteiger partial charge on any atom is -0.495 e. The summed E-state index contributed by atoms with van der Waals surface area (Å²) in [6.07, 6.45) is 1.65. The molecule has 8 nitrogen and oxygen atoms in total. The van der Waals surface area contributed by atoms with Crippen molar-refractivity contribution in [2.45, 2.75) is 19.9 Å². The summed E-state index contributed by atoms with van der Waals surface area (Å²) < 4.78 is 7.07. The van der Waals surface area contributed by atoms with Gasteiger partial charge in [-0.05, 0) is 38.1 Å². The first-order valence-corrected chi connectivity index (χ1v) is 11.5. The van der Waals surface area contributed by atoms with E-state index in [4.69, 9.17) is 21.3 Å². The summed E-state index contributed by atoms with van der Waals surface area (Å²) in [6, 6.07) is 16.4. The molecule has 0 aliphatic heterocycles. The molecule has 2 aromatic carbocycles. The quantitative estimate of drug-likeness (QED) is 0.390. The van der Waals surface area contributed by atoms with Crippen molar-refractivity contribution in [2.75, 3.05) is 26.0 Å². The first-order chi connectivity index (χ1) is 16.8. The third-order valence-corrected chi connectivity index (χ3v) is 5.75. The number of nitrogens with zero attached hydrogens (tertiary/aromatic N) is 4. The lowest BCUT2D eigenvalue weighted by molar-refractivity contribution is -0.116. The van der Waals surface area contributed by atoms with Gasteiger partial charge in [0.1, 0.15) is 5.75 Å². The lowest BCUT2D eigenvalue weighted by Crippen LogP contribution is -2.35. The summed E-state index contributed by atoms with van der Waals surface area (Å²) in [6.45, 7) is 3.84. The van der Waals surface area contributed by atoms with E-state index in [1.807, 2.05) is 44.2 Å². The Hall–Kier alpha value is -3.91. The molecule has 0 unspecified atom stereocenters. The Bertz CT molecular complexity index is 1380. The van der Waals surface area contributed by atoms with Gasteiger partial charge in [-0.2, -0.15) is 5.10 Å². The molecule has 2 aromatic heterocycles. The molecule has 4 rings (SSSR count). The van der Waals surface area contributed by atoms with Gasteiger partial charge in [-0.3, -0.25) is 9.59 Å². The van der Waals surface area contributed by atoms with Gasteiger partial charge in [0, 0.05) is 23.7 Å². The number of carbonyl (C=O) groups excluding carboxylic acids is 2. The molecule has 2 heterocycles. The van der Waals surface area contributed by atoms with Crippen LogP contribution in [0.1, 0.15) is 30.2 Å². The summed E-state index contributed by atoms with van der Waals surface area (Å²) >= 11 is 6.05. The van der Waals surface area contributed by atoms with Crippen LogP contribution >= 0.6 is 11.6 Å². The fourth-order valence-corrected chi connectivity index (χ4v) is 3.96. The molecule has 1 N–H and O–H groups in total. The molecule has 0 aliphatic rings. The number of methoxy groups -OCH3 is 1. The molecule has 0 atom stereocenters. The SMILES string of the molecule is COc1ccc(Cl)cc1NC(=O)CN(C)C(=O)c1cc(-c2ccccc2)nc2c1cnn2C(C)C. The number of fused-ring (bicyclic) bond motifs is 1. The number of nitrogens with one attached hydrogen (secondary N) is 1. The summed E-state index contributed by atoms with van der Waals surface area (Å²) in [5.41, 5.74) is 3.02. The number of ether oxygens (including phenoxy) is 1. The smallest absolute Gasteiger partial charge is 0.254 e. The Labute approximate surface area is 208 Å². The molecule has 0 saturated carbocycles. The Morgan fingerprint density at radius 2 is 1.89 bits per heavy atom. The Morgan fingerprint density at radius 1 is 1.14 bits per heavy atom. The minimum atomic E-state index is -0.382. The van der Waals surface area contributed by atoms with Crippen LogP contribution in [-0.2, 0) is 4.79 Å². The van der Waals surface area contributed by atoms with Crippen LogP contribution < -0.4 is 10.1 Å². The molecule has 4 aromatic rings. The van der Waals surface area contributed by atoms with Crippen molar-refractivity contribution in [1.82, 2.24) is 19.7 Å².